The molecule has 4 nitrogen and oxygen atoms in total. The van der Waals surface area contributed by atoms with Crippen LogP contribution < -0.4 is 14.8 Å². The van der Waals surface area contributed by atoms with Crippen LogP contribution >= 0.6 is 11.6 Å². The van der Waals surface area contributed by atoms with E-state index < -0.39 is 0 Å². The number of nitrogens with one attached hydrogen (secondary N) is 1. The highest BCUT2D eigenvalue weighted by molar-refractivity contribution is 6.31. The summed E-state index contributed by atoms with van der Waals surface area (Å²) in [5.41, 5.74) is 0.907. The van der Waals surface area contributed by atoms with E-state index in [2.05, 4.69) is 10.3 Å². The zero-order valence-electron chi connectivity index (χ0n) is 10.8. The van der Waals surface area contributed by atoms with Gasteiger partial charge >= 0.3 is 0 Å². The molecule has 1 heterocycles. The van der Waals surface area contributed by atoms with Crippen molar-refractivity contribution < 1.29 is 9.47 Å². The average Bonchev–Trinajstić information content (AvgIpc) is 2.46. The maximum atomic E-state index is 6.16. The summed E-state index contributed by atoms with van der Waals surface area (Å²) in [7, 11) is 3.24. The molecule has 0 fully saturated rings. The summed E-state index contributed by atoms with van der Waals surface area (Å²) < 4.78 is 10.3. The van der Waals surface area contributed by atoms with Gasteiger partial charge in [-0.2, -0.15) is 0 Å². The van der Waals surface area contributed by atoms with Crippen molar-refractivity contribution in [2.75, 3.05) is 19.5 Å². The van der Waals surface area contributed by atoms with Gasteiger partial charge in [0.15, 0.2) is 0 Å². The van der Waals surface area contributed by atoms with Crippen molar-refractivity contribution in [2.24, 2.45) is 0 Å². The third kappa shape index (κ3) is 3.29. The minimum Gasteiger partial charge on any atom is -0.496 e. The standard InChI is InChI=1S/C14H15ClN2O2/c1-18-10-6-7-14(16-8-10)17-9-11-12(15)4-3-5-13(11)19-2/h3-8H,9H2,1-2H3,(H,16,17). The number of hydrogen-bond donors (Lipinski definition) is 1. The quantitative estimate of drug-likeness (QED) is 0.911. The molecule has 0 aliphatic heterocycles. The van der Waals surface area contributed by atoms with Gasteiger partial charge in [0.25, 0.3) is 0 Å². The van der Waals surface area contributed by atoms with Crippen molar-refractivity contribution in [3.63, 3.8) is 0 Å². The van der Waals surface area contributed by atoms with Crippen molar-refractivity contribution in [1.82, 2.24) is 4.98 Å². The smallest absolute Gasteiger partial charge is 0.137 e. The molecule has 19 heavy (non-hydrogen) atoms. The summed E-state index contributed by atoms with van der Waals surface area (Å²) in [5, 5.41) is 3.86. The summed E-state index contributed by atoms with van der Waals surface area (Å²) in [6.45, 7) is 0.544. The lowest BCUT2D eigenvalue weighted by Crippen LogP contribution is -2.03. The first-order valence-electron chi connectivity index (χ1n) is 5.80. The van der Waals surface area contributed by atoms with Gasteiger partial charge in [-0.3, -0.25) is 0 Å². The predicted molar refractivity (Wildman–Crippen MR) is 76.1 cm³/mol. The number of anilines is 1. The fraction of sp³-hybridized carbons (Fsp3) is 0.214. The van der Waals surface area contributed by atoms with Crippen LogP contribution in [0.3, 0.4) is 0 Å². The molecular weight excluding hydrogens is 264 g/mol. The molecule has 2 rings (SSSR count). The molecule has 1 aromatic heterocycles. The highest BCUT2D eigenvalue weighted by Crippen LogP contribution is 2.26. The Morgan fingerprint density at radius 1 is 1.16 bits per heavy atom. The second kappa shape index (κ2) is 6.29. The molecule has 0 saturated carbocycles. The van der Waals surface area contributed by atoms with Crippen molar-refractivity contribution >= 4 is 17.4 Å². The number of halogens is 1. The molecule has 0 saturated heterocycles. The first kappa shape index (κ1) is 13.5. The molecule has 0 bridgehead atoms. The van der Waals surface area contributed by atoms with Crippen LogP contribution in [0.5, 0.6) is 11.5 Å². The van der Waals surface area contributed by atoms with E-state index in [0.29, 0.717) is 11.6 Å². The number of pyridine rings is 1. The van der Waals surface area contributed by atoms with Crippen LogP contribution in [0, 0.1) is 0 Å². The molecule has 0 spiro atoms. The van der Waals surface area contributed by atoms with E-state index in [9.17, 15) is 0 Å². The molecule has 1 aromatic carbocycles. The lowest BCUT2D eigenvalue weighted by molar-refractivity contribution is 0.410. The second-order valence-electron chi connectivity index (χ2n) is 3.86. The van der Waals surface area contributed by atoms with E-state index in [1.165, 1.54) is 0 Å². The van der Waals surface area contributed by atoms with Gasteiger partial charge in [-0.15, -0.1) is 0 Å². The van der Waals surface area contributed by atoms with E-state index in [0.717, 1.165) is 22.9 Å². The van der Waals surface area contributed by atoms with Crippen LogP contribution in [-0.4, -0.2) is 19.2 Å². The zero-order chi connectivity index (χ0) is 13.7. The van der Waals surface area contributed by atoms with Crippen LogP contribution in [-0.2, 0) is 6.54 Å². The zero-order valence-corrected chi connectivity index (χ0v) is 11.6. The van der Waals surface area contributed by atoms with Crippen LogP contribution in [0.15, 0.2) is 36.5 Å². The second-order valence-corrected chi connectivity index (χ2v) is 4.26. The van der Waals surface area contributed by atoms with Crippen LogP contribution in [0.2, 0.25) is 5.02 Å². The third-order valence-corrected chi connectivity index (χ3v) is 3.07. The Hall–Kier alpha value is -1.94. The molecule has 0 aliphatic carbocycles. The van der Waals surface area contributed by atoms with Crippen molar-refractivity contribution in [3.05, 3.63) is 47.1 Å². The van der Waals surface area contributed by atoms with Crippen LogP contribution in [0.1, 0.15) is 5.56 Å². The van der Waals surface area contributed by atoms with Gasteiger partial charge in [-0.05, 0) is 24.3 Å². The van der Waals surface area contributed by atoms with Crippen LogP contribution in [0.4, 0.5) is 5.82 Å². The molecule has 100 valence electrons. The fourth-order valence-corrected chi connectivity index (χ4v) is 1.92. The van der Waals surface area contributed by atoms with Crippen molar-refractivity contribution in [1.29, 1.82) is 0 Å². The number of rotatable bonds is 5. The Labute approximate surface area is 117 Å². The number of hydrogen-bond acceptors (Lipinski definition) is 4. The molecule has 2 aromatic rings. The van der Waals surface area contributed by atoms with Crippen LogP contribution in [0.25, 0.3) is 0 Å². The van der Waals surface area contributed by atoms with Gasteiger partial charge in [0.2, 0.25) is 0 Å². The highest BCUT2D eigenvalue weighted by atomic mass is 35.5. The van der Waals surface area contributed by atoms with Crippen molar-refractivity contribution in [3.8, 4) is 11.5 Å². The molecule has 0 unspecified atom stereocenters. The average molecular weight is 279 g/mol. The molecule has 0 radical (unpaired) electrons. The normalized spacial score (nSPS) is 10.1. The lowest BCUT2D eigenvalue weighted by Gasteiger charge is -2.11. The van der Waals surface area contributed by atoms with E-state index in [4.69, 9.17) is 21.1 Å². The number of ether oxygens (including phenoxy) is 2. The van der Waals surface area contributed by atoms with Gasteiger partial charge in [-0.1, -0.05) is 17.7 Å². The summed E-state index contributed by atoms with van der Waals surface area (Å²) in [4.78, 5) is 4.23. The van der Waals surface area contributed by atoms with E-state index in [1.807, 2.05) is 30.3 Å². The van der Waals surface area contributed by atoms with Gasteiger partial charge in [0.05, 0.1) is 20.4 Å². The number of nitrogens with zero attached hydrogens (tertiary/aromatic N) is 1. The topological polar surface area (TPSA) is 43.4 Å². The van der Waals surface area contributed by atoms with Gasteiger partial charge in [-0.25, -0.2) is 4.98 Å². The first-order chi connectivity index (χ1) is 9.24. The van der Waals surface area contributed by atoms with Crippen molar-refractivity contribution in [2.45, 2.75) is 6.54 Å². The molecule has 0 atom stereocenters. The Morgan fingerprint density at radius 3 is 2.63 bits per heavy atom. The third-order valence-electron chi connectivity index (χ3n) is 2.71. The molecule has 0 amide bonds. The summed E-state index contributed by atoms with van der Waals surface area (Å²) >= 11 is 6.16. The minimum atomic E-state index is 0.544. The molecule has 0 aliphatic rings. The van der Waals surface area contributed by atoms with Gasteiger partial charge in [0.1, 0.15) is 17.3 Å². The maximum absolute atomic E-state index is 6.16. The lowest BCUT2D eigenvalue weighted by atomic mass is 10.2. The summed E-state index contributed by atoms with van der Waals surface area (Å²) in [6, 6.07) is 9.27. The summed E-state index contributed by atoms with van der Waals surface area (Å²) in [6.07, 6.45) is 1.66. The Morgan fingerprint density at radius 2 is 2.00 bits per heavy atom. The van der Waals surface area contributed by atoms with Gasteiger partial charge < -0.3 is 14.8 Å². The largest absolute Gasteiger partial charge is 0.496 e. The summed E-state index contributed by atoms with van der Waals surface area (Å²) in [5.74, 6) is 2.23. The number of benzene rings is 1. The Bertz CT molecular complexity index is 544. The molecule has 1 N–H and O–H groups in total. The molecule has 5 heteroatoms. The Balaban J connectivity index is 2.09. The minimum absolute atomic E-state index is 0.544. The fourth-order valence-electron chi connectivity index (χ4n) is 1.69. The van der Waals surface area contributed by atoms with E-state index >= 15 is 0 Å². The van der Waals surface area contributed by atoms with Gasteiger partial charge in [0, 0.05) is 17.1 Å². The highest BCUT2D eigenvalue weighted by Gasteiger charge is 2.07. The monoisotopic (exact) mass is 278 g/mol. The number of methoxy groups -OCH3 is 2. The SMILES string of the molecule is COc1ccc(NCc2c(Cl)cccc2OC)nc1. The predicted octanol–water partition coefficient (Wildman–Crippen LogP) is 3.36. The van der Waals surface area contributed by atoms with E-state index in [1.54, 1.807) is 20.4 Å². The maximum Gasteiger partial charge on any atom is 0.137 e. The molecular formula is C14H15ClN2O2. The first-order valence-corrected chi connectivity index (χ1v) is 6.17. The number of aromatic nitrogens is 1. The Kier molecular flexibility index (Phi) is 4.47. The van der Waals surface area contributed by atoms with E-state index in [-0.39, 0.29) is 0 Å².